The number of alkyl halides is 6. The molecule has 0 saturated carbocycles. The Morgan fingerprint density at radius 1 is 0.944 bits per heavy atom. The number of halogens is 6. The van der Waals surface area contributed by atoms with E-state index in [2.05, 4.69) is 31.9 Å². The highest BCUT2D eigenvalue weighted by Crippen LogP contribution is 2.16. The smallest absolute Gasteiger partial charge is 0.475 e. The van der Waals surface area contributed by atoms with Crippen LogP contribution in [0.15, 0.2) is 36.5 Å². The monoisotopic (exact) mass is 528 g/mol. The average Bonchev–Trinajstić information content (AvgIpc) is 3.27. The Labute approximate surface area is 202 Å². The third-order valence-corrected chi connectivity index (χ3v) is 4.63. The van der Waals surface area contributed by atoms with Gasteiger partial charge in [0.25, 0.3) is 0 Å². The maximum absolute atomic E-state index is 10.6. The van der Waals surface area contributed by atoms with Gasteiger partial charge in [0, 0.05) is 63.8 Å². The molecule has 0 aliphatic carbocycles. The molecule has 1 saturated heterocycles. The second kappa shape index (κ2) is 14.4. The summed E-state index contributed by atoms with van der Waals surface area (Å²) in [5.41, 5.74) is 2.32. The molecule has 3 N–H and O–H groups in total. The maximum atomic E-state index is 10.6. The van der Waals surface area contributed by atoms with Crippen LogP contribution in [-0.2, 0) is 20.9 Å². The molecule has 2 heterocycles. The zero-order valence-electron chi connectivity index (χ0n) is 19.1. The molecule has 0 unspecified atom stereocenters. The van der Waals surface area contributed by atoms with Gasteiger partial charge in [0.2, 0.25) is 0 Å². The molecule has 9 nitrogen and oxygen atoms in total. The number of piperazine rings is 1. The first-order valence-corrected chi connectivity index (χ1v) is 10.4. The molecule has 0 radical (unpaired) electrons. The van der Waals surface area contributed by atoms with E-state index >= 15 is 0 Å². The zero-order valence-corrected chi connectivity index (χ0v) is 19.1. The number of ether oxygens (including phenoxy) is 1. The van der Waals surface area contributed by atoms with Crippen molar-refractivity contribution in [3.05, 3.63) is 42.2 Å². The highest BCUT2D eigenvalue weighted by atomic mass is 19.4. The van der Waals surface area contributed by atoms with Crippen LogP contribution in [-0.4, -0.2) is 101 Å². The molecular formula is C21H26F6N4O5. The number of carboxylic acids is 2. The van der Waals surface area contributed by atoms with Crippen molar-refractivity contribution in [1.29, 1.82) is 0 Å². The Morgan fingerprint density at radius 2 is 1.42 bits per heavy atom. The van der Waals surface area contributed by atoms with E-state index in [1.54, 1.807) is 7.11 Å². The Morgan fingerprint density at radius 3 is 1.86 bits per heavy atom. The lowest BCUT2D eigenvalue weighted by atomic mass is 10.2. The van der Waals surface area contributed by atoms with Crippen LogP contribution < -0.4 is 0 Å². The Bertz CT molecular complexity index is 905. The van der Waals surface area contributed by atoms with Crippen molar-refractivity contribution < 1.29 is 50.9 Å². The van der Waals surface area contributed by atoms with Crippen LogP contribution in [0.3, 0.4) is 0 Å². The zero-order chi connectivity index (χ0) is 27.4. The fraction of sp³-hybridized carbons (Fsp3) is 0.476. The number of nitrogens with one attached hydrogen (secondary N) is 1. The number of aliphatic carboxylic acids is 2. The quantitative estimate of drug-likeness (QED) is 0.490. The van der Waals surface area contributed by atoms with E-state index in [9.17, 15) is 26.3 Å². The number of hydrogen-bond acceptors (Lipinski definition) is 6. The summed E-state index contributed by atoms with van der Waals surface area (Å²) < 4.78 is 68.6. The van der Waals surface area contributed by atoms with Crippen LogP contribution in [0.25, 0.3) is 11.4 Å². The van der Waals surface area contributed by atoms with Gasteiger partial charge in [-0.2, -0.15) is 26.3 Å². The molecule has 202 valence electrons. The van der Waals surface area contributed by atoms with E-state index in [1.165, 1.54) is 5.69 Å². The lowest BCUT2D eigenvalue weighted by Gasteiger charge is -2.34. The minimum atomic E-state index is -5.08. The largest absolute Gasteiger partial charge is 0.490 e. The van der Waals surface area contributed by atoms with Crippen LogP contribution in [0.5, 0.6) is 0 Å². The molecule has 1 aliphatic rings. The first-order valence-electron chi connectivity index (χ1n) is 10.4. The number of rotatable bonds is 6. The van der Waals surface area contributed by atoms with Crippen LogP contribution in [0, 0.1) is 0 Å². The summed E-state index contributed by atoms with van der Waals surface area (Å²) in [5.74, 6) is -4.56. The number of aromatic nitrogens is 2. The molecule has 1 aliphatic heterocycles. The minimum absolute atomic E-state index is 0.820. The van der Waals surface area contributed by atoms with Gasteiger partial charge in [-0.1, -0.05) is 30.3 Å². The lowest BCUT2D eigenvalue weighted by molar-refractivity contribution is -0.193. The second-order valence-corrected chi connectivity index (χ2v) is 7.34. The molecule has 3 rings (SSSR count). The summed E-state index contributed by atoms with van der Waals surface area (Å²) in [4.78, 5) is 30.7. The maximum Gasteiger partial charge on any atom is 0.490 e. The molecule has 1 fully saturated rings. The van der Waals surface area contributed by atoms with Crippen LogP contribution >= 0.6 is 0 Å². The Balaban J connectivity index is 0.000000383. The van der Waals surface area contributed by atoms with Gasteiger partial charge >= 0.3 is 24.3 Å². The fourth-order valence-corrected chi connectivity index (χ4v) is 2.81. The molecule has 0 spiro atoms. The van der Waals surface area contributed by atoms with Crippen molar-refractivity contribution >= 4 is 11.9 Å². The first kappa shape index (κ1) is 30.9. The number of carboxylic acid groups (broad SMARTS) is 2. The van der Waals surface area contributed by atoms with Crippen LogP contribution in [0.1, 0.15) is 5.69 Å². The highest BCUT2D eigenvalue weighted by Gasteiger charge is 2.38. The summed E-state index contributed by atoms with van der Waals surface area (Å²) in [5, 5.41) is 14.2. The average molecular weight is 528 g/mol. The van der Waals surface area contributed by atoms with Crippen molar-refractivity contribution in [3.63, 3.8) is 0 Å². The van der Waals surface area contributed by atoms with Gasteiger partial charge in [-0.05, 0) is 0 Å². The summed E-state index contributed by atoms with van der Waals surface area (Å²) in [6.45, 7) is 7.23. The van der Waals surface area contributed by atoms with Crippen molar-refractivity contribution in [3.8, 4) is 11.4 Å². The number of H-pyrrole nitrogens is 1. The number of methoxy groups -OCH3 is 1. The molecule has 0 amide bonds. The van der Waals surface area contributed by atoms with Crippen molar-refractivity contribution in [1.82, 2.24) is 19.8 Å². The number of hydrogen-bond donors (Lipinski definition) is 3. The van der Waals surface area contributed by atoms with Crippen molar-refractivity contribution in [2.75, 3.05) is 46.4 Å². The third-order valence-electron chi connectivity index (χ3n) is 4.63. The molecule has 1 aromatic heterocycles. The van der Waals surface area contributed by atoms with Gasteiger partial charge in [-0.25, -0.2) is 14.6 Å². The molecule has 0 bridgehead atoms. The summed E-state index contributed by atoms with van der Waals surface area (Å²) in [6, 6.07) is 10.3. The third kappa shape index (κ3) is 12.0. The molecule has 0 atom stereocenters. The van der Waals surface area contributed by atoms with Crippen LogP contribution in [0.4, 0.5) is 26.3 Å². The van der Waals surface area contributed by atoms with Crippen molar-refractivity contribution in [2.24, 2.45) is 0 Å². The van der Waals surface area contributed by atoms with Gasteiger partial charge in [0.1, 0.15) is 5.82 Å². The number of aromatic amines is 1. The highest BCUT2D eigenvalue weighted by molar-refractivity contribution is 5.73. The van der Waals surface area contributed by atoms with Crippen LogP contribution in [0.2, 0.25) is 0 Å². The minimum Gasteiger partial charge on any atom is -0.475 e. The van der Waals surface area contributed by atoms with Gasteiger partial charge < -0.3 is 19.9 Å². The van der Waals surface area contributed by atoms with E-state index in [4.69, 9.17) is 24.5 Å². The van der Waals surface area contributed by atoms with E-state index < -0.39 is 24.3 Å². The van der Waals surface area contributed by atoms with E-state index in [1.807, 2.05) is 24.4 Å². The topological polar surface area (TPSA) is 119 Å². The van der Waals surface area contributed by atoms with E-state index in [0.717, 1.165) is 57.3 Å². The summed E-state index contributed by atoms with van der Waals surface area (Å²) in [7, 11) is 1.76. The van der Waals surface area contributed by atoms with Gasteiger partial charge in [0.05, 0.1) is 6.61 Å². The van der Waals surface area contributed by atoms with Gasteiger partial charge in [-0.3, -0.25) is 9.80 Å². The number of imidazole rings is 1. The Kier molecular flexibility index (Phi) is 12.3. The number of benzene rings is 1. The molecule has 15 heteroatoms. The predicted octanol–water partition coefficient (Wildman–Crippen LogP) is 3.11. The molecule has 2 aromatic rings. The first-order chi connectivity index (χ1) is 16.7. The van der Waals surface area contributed by atoms with Gasteiger partial charge in [0.15, 0.2) is 0 Å². The Hall–Kier alpha value is -3.17. The van der Waals surface area contributed by atoms with Crippen molar-refractivity contribution in [2.45, 2.75) is 18.9 Å². The van der Waals surface area contributed by atoms with E-state index in [0.29, 0.717) is 0 Å². The molecule has 1 aromatic carbocycles. The predicted molar refractivity (Wildman–Crippen MR) is 115 cm³/mol. The molecular weight excluding hydrogens is 502 g/mol. The standard InChI is InChI=1S/C17H24N4O.2C2HF3O2/c1-22-12-11-20-7-9-21(10-8-20)14-16-13-18-17(19-16)15-5-3-2-4-6-15;2*3-2(4,5)1(6)7/h2-6,13H,7-12,14H2,1H3,(H,18,19);2*(H,6,7). The number of nitrogens with zero attached hydrogens (tertiary/aromatic N) is 3. The van der Waals surface area contributed by atoms with E-state index in [-0.39, 0.29) is 0 Å². The van der Waals surface area contributed by atoms with Gasteiger partial charge in [-0.15, -0.1) is 0 Å². The summed E-state index contributed by atoms with van der Waals surface area (Å²) >= 11 is 0. The second-order valence-electron chi connectivity index (χ2n) is 7.34. The molecule has 36 heavy (non-hydrogen) atoms. The fourth-order valence-electron chi connectivity index (χ4n) is 2.81. The SMILES string of the molecule is COCCN1CCN(Cc2cnc(-c3ccccc3)[nH]2)CC1.O=C(O)C(F)(F)F.O=C(O)C(F)(F)F. The summed E-state index contributed by atoms with van der Waals surface area (Å²) in [6.07, 6.45) is -8.21. The normalized spacial score (nSPS) is 14.8. The lowest BCUT2D eigenvalue weighted by Crippen LogP contribution is -2.46. The number of carbonyl (C=O) groups is 2.